The average molecular weight is 602 g/mol. The highest BCUT2D eigenvalue weighted by Crippen LogP contribution is 2.19. The first-order valence-electron chi connectivity index (χ1n) is 14.6. The molecule has 2 aromatic carbocycles. The Hall–Kier alpha value is -4.51. The average Bonchev–Trinajstić information content (AvgIpc) is 3.43. The summed E-state index contributed by atoms with van der Waals surface area (Å²) in [5.41, 5.74) is 15.5. The van der Waals surface area contributed by atoms with E-state index >= 15 is 0 Å². The van der Waals surface area contributed by atoms with Crippen LogP contribution in [0.4, 0.5) is 5.13 Å². The number of unbranched alkanes of at least 4 members (excludes halogenated alkanes) is 1. The lowest BCUT2D eigenvalue weighted by Crippen LogP contribution is -2.34. The molecule has 1 aromatic heterocycles. The first-order chi connectivity index (χ1) is 20.8. The van der Waals surface area contributed by atoms with Crippen LogP contribution in [0.25, 0.3) is 0 Å². The quantitative estimate of drug-likeness (QED) is 0.161. The molecule has 2 heterocycles. The monoisotopic (exact) mass is 601 g/mol. The van der Waals surface area contributed by atoms with Crippen LogP contribution in [0.3, 0.4) is 0 Å². The molecular weight excluding hydrogens is 562 g/mol. The number of piperidine rings is 1. The Morgan fingerprint density at radius 1 is 0.907 bits per heavy atom. The van der Waals surface area contributed by atoms with Gasteiger partial charge in [0.25, 0.3) is 0 Å². The Morgan fingerprint density at radius 3 is 2.49 bits per heavy atom. The summed E-state index contributed by atoms with van der Waals surface area (Å²) in [5, 5.41) is 15.1. The molecule has 226 valence electrons. The molecule has 6 N–H and O–H groups in total. The molecule has 43 heavy (non-hydrogen) atoms. The molecule has 3 amide bonds. The zero-order chi connectivity index (χ0) is 30.4. The highest BCUT2D eigenvalue weighted by molar-refractivity contribution is 7.15. The Bertz CT molecular complexity index is 1450. The number of nitrogens with two attached hydrogens (primary N) is 2. The van der Waals surface area contributed by atoms with Crippen molar-refractivity contribution < 1.29 is 14.4 Å². The van der Waals surface area contributed by atoms with E-state index < -0.39 is 0 Å². The van der Waals surface area contributed by atoms with E-state index in [1.54, 1.807) is 12.2 Å². The van der Waals surface area contributed by atoms with Gasteiger partial charge in [-0.15, -0.1) is 10.2 Å². The van der Waals surface area contributed by atoms with E-state index in [1.807, 2.05) is 59.5 Å². The van der Waals surface area contributed by atoms with E-state index in [0.717, 1.165) is 60.3 Å². The van der Waals surface area contributed by atoms with Crippen molar-refractivity contribution in [3.63, 3.8) is 0 Å². The number of nitrogens with one attached hydrogen (secondary N) is 2. The number of carbonyl (C=O) groups is 3. The van der Waals surface area contributed by atoms with E-state index in [4.69, 9.17) is 11.5 Å². The molecule has 1 saturated heterocycles. The van der Waals surface area contributed by atoms with E-state index in [9.17, 15) is 14.4 Å². The van der Waals surface area contributed by atoms with E-state index in [0.29, 0.717) is 30.2 Å². The molecule has 4 rings (SSSR count). The molecule has 1 aliphatic rings. The standard InChI is InChI=1S/C32H39N7O3S/c33-26(16-17-27(34)35-28(40)20-23-9-2-1-3-10-23)13-4-5-14-30-37-38-32(43-30)36-29(41)21-24-11-8-12-25(19-24)22-39-18-7-6-15-31(39)42/h1-3,8-12,16-17,19H,4-7,13-15,18,20-22,33-34H2,(H,35,40)(H,36,38,41)/b26-16-,27-17+. The molecule has 10 nitrogen and oxygen atoms in total. The minimum Gasteiger partial charge on any atom is -0.402 e. The van der Waals surface area contributed by atoms with Crippen LogP contribution in [0.2, 0.25) is 0 Å². The maximum Gasteiger partial charge on any atom is 0.230 e. The molecule has 0 bridgehead atoms. The lowest BCUT2D eigenvalue weighted by Gasteiger charge is -2.26. The van der Waals surface area contributed by atoms with Gasteiger partial charge in [0.15, 0.2) is 0 Å². The normalized spacial score (nSPS) is 14.0. The van der Waals surface area contributed by atoms with Crippen molar-refractivity contribution in [2.75, 3.05) is 11.9 Å². The van der Waals surface area contributed by atoms with Crippen molar-refractivity contribution in [1.29, 1.82) is 0 Å². The van der Waals surface area contributed by atoms with Crippen molar-refractivity contribution in [2.45, 2.75) is 64.3 Å². The van der Waals surface area contributed by atoms with Crippen molar-refractivity contribution in [3.05, 3.63) is 100.0 Å². The fraction of sp³-hybridized carbons (Fsp3) is 0.344. The Balaban J connectivity index is 1.14. The Kier molecular flexibility index (Phi) is 11.8. The highest BCUT2D eigenvalue weighted by Gasteiger charge is 2.18. The number of anilines is 1. The molecule has 0 spiro atoms. The fourth-order valence-corrected chi connectivity index (χ4v) is 5.55. The molecule has 0 radical (unpaired) electrons. The molecular formula is C32H39N7O3S. The van der Waals surface area contributed by atoms with Crippen LogP contribution >= 0.6 is 11.3 Å². The molecule has 0 saturated carbocycles. The number of aromatic nitrogens is 2. The van der Waals surface area contributed by atoms with Gasteiger partial charge in [0, 0.05) is 31.6 Å². The van der Waals surface area contributed by atoms with E-state index in [2.05, 4.69) is 20.8 Å². The summed E-state index contributed by atoms with van der Waals surface area (Å²) in [4.78, 5) is 38.8. The topological polar surface area (TPSA) is 156 Å². The number of benzene rings is 2. The van der Waals surface area contributed by atoms with Crippen LogP contribution in [0.1, 0.15) is 60.2 Å². The highest BCUT2D eigenvalue weighted by atomic mass is 32.1. The summed E-state index contributed by atoms with van der Waals surface area (Å²) in [6.45, 7) is 1.37. The third-order valence-corrected chi connectivity index (χ3v) is 7.84. The lowest BCUT2D eigenvalue weighted by atomic mass is 10.1. The number of rotatable bonds is 14. The molecule has 0 unspecified atom stereocenters. The summed E-state index contributed by atoms with van der Waals surface area (Å²) >= 11 is 1.37. The second-order valence-electron chi connectivity index (χ2n) is 10.6. The molecule has 0 atom stereocenters. The molecule has 11 heteroatoms. The van der Waals surface area contributed by atoms with E-state index in [-0.39, 0.29) is 36.4 Å². The summed E-state index contributed by atoms with van der Waals surface area (Å²) in [5.74, 6) is 0.0980. The van der Waals surface area contributed by atoms with Crippen LogP contribution in [0, 0.1) is 0 Å². The van der Waals surface area contributed by atoms with Crippen LogP contribution in [0.5, 0.6) is 0 Å². The third-order valence-electron chi connectivity index (χ3n) is 6.94. The van der Waals surface area contributed by atoms with Gasteiger partial charge in [-0.1, -0.05) is 65.9 Å². The van der Waals surface area contributed by atoms with Crippen LogP contribution in [-0.4, -0.2) is 39.4 Å². The third kappa shape index (κ3) is 11.0. The van der Waals surface area contributed by atoms with Gasteiger partial charge in [0.05, 0.1) is 12.8 Å². The number of hydrogen-bond donors (Lipinski definition) is 4. The molecule has 1 fully saturated rings. The summed E-state index contributed by atoms with van der Waals surface area (Å²) in [7, 11) is 0. The lowest BCUT2D eigenvalue weighted by molar-refractivity contribution is -0.133. The predicted molar refractivity (Wildman–Crippen MR) is 168 cm³/mol. The van der Waals surface area contributed by atoms with Gasteiger partial charge >= 0.3 is 0 Å². The maximum absolute atomic E-state index is 12.6. The molecule has 1 aliphatic heterocycles. The molecule has 0 aliphatic carbocycles. The number of likely N-dealkylation sites (tertiary alicyclic amines) is 1. The van der Waals surface area contributed by atoms with Gasteiger partial charge in [0.2, 0.25) is 22.9 Å². The van der Waals surface area contributed by atoms with Gasteiger partial charge in [-0.2, -0.15) is 0 Å². The minimum absolute atomic E-state index is 0.157. The zero-order valence-corrected chi connectivity index (χ0v) is 25.1. The van der Waals surface area contributed by atoms with Gasteiger partial charge in [0.1, 0.15) is 10.8 Å². The Morgan fingerprint density at radius 2 is 1.67 bits per heavy atom. The summed E-state index contributed by atoms with van der Waals surface area (Å²) in [6.07, 6.45) is 9.50. The number of hydrogen-bond acceptors (Lipinski definition) is 8. The van der Waals surface area contributed by atoms with Crippen LogP contribution in [-0.2, 0) is 40.2 Å². The van der Waals surface area contributed by atoms with E-state index in [1.165, 1.54) is 11.3 Å². The SMILES string of the molecule is N/C(=C\C=C(/N)NC(=O)Cc1ccccc1)CCCCc1nnc(NC(=O)Cc2cccc(CN3CCCCC3=O)c2)s1. The van der Waals surface area contributed by atoms with Crippen molar-refractivity contribution >= 4 is 34.2 Å². The fourth-order valence-electron chi connectivity index (χ4n) is 4.75. The predicted octanol–water partition coefficient (Wildman–Crippen LogP) is 3.95. The van der Waals surface area contributed by atoms with Crippen molar-refractivity contribution in [3.8, 4) is 0 Å². The summed E-state index contributed by atoms with van der Waals surface area (Å²) < 4.78 is 0. The second kappa shape index (κ2) is 16.2. The molecule has 3 aromatic rings. The van der Waals surface area contributed by atoms with Crippen molar-refractivity contribution in [1.82, 2.24) is 20.4 Å². The number of carbonyl (C=O) groups excluding carboxylic acids is 3. The second-order valence-corrected chi connectivity index (χ2v) is 11.7. The Labute approximate surface area is 256 Å². The van der Waals surface area contributed by atoms with Gasteiger partial charge in [-0.05, 0) is 60.9 Å². The van der Waals surface area contributed by atoms with Gasteiger partial charge in [-0.3, -0.25) is 14.4 Å². The summed E-state index contributed by atoms with van der Waals surface area (Å²) in [6, 6.07) is 17.3. The first kappa shape index (κ1) is 31.4. The largest absolute Gasteiger partial charge is 0.402 e. The minimum atomic E-state index is -0.185. The van der Waals surface area contributed by atoms with Crippen LogP contribution < -0.4 is 22.1 Å². The first-order valence-corrected chi connectivity index (χ1v) is 15.4. The zero-order valence-electron chi connectivity index (χ0n) is 24.3. The number of amides is 3. The van der Waals surface area contributed by atoms with Gasteiger partial charge < -0.3 is 27.0 Å². The number of aryl methyl sites for hydroxylation is 1. The van der Waals surface area contributed by atoms with Crippen LogP contribution in [0.15, 0.2) is 78.3 Å². The van der Waals surface area contributed by atoms with Crippen molar-refractivity contribution in [2.24, 2.45) is 11.5 Å². The van der Waals surface area contributed by atoms with Gasteiger partial charge in [-0.25, -0.2) is 0 Å². The maximum atomic E-state index is 12.6. The number of nitrogens with zero attached hydrogens (tertiary/aromatic N) is 3. The number of allylic oxidation sites excluding steroid dienone is 3. The smallest absolute Gasteiger partial charge is 0.230 e.